The van der Waals surface area contributed by atoms with E-state index in [1.54, 1.807) is 6.20 Å². The summed E-state index contributed by atoms with van der Waals surface area (Å²) in [7, 11) is 0. The highest BCUT2D eigenvalue weighted by molar-refractivity contribution is 14.1. The normalized spacial score (nSPS) is 15.7. The lowest BCUT2D eigenvalue weighted by Gasteiger charge is -2.12. The zero-order chi connectivity index (χ0) is 14.8. The molecule has 1 N–H and O–H groups in total. The standard InChI is InChI=1S/C15H19IN4O/c1-2-9-20-11(7-8-17-20)14-18-13(10-5-3-4-6-10)12(16)15(21)19-14/h7-8,10H,2-6,9H2,1H3,(H,18,19,21). The van der Waals surface area contributed by atoms with Crippen LogP contribution in [0.25, 0.3) is 11.5 Å². The molecule has 1 aliphatic rings. The largest absolute Gasteiger partial charge is 0.304 e. The van der Waals surface area contributed by atoms with Crippen molar-refractivity contribution in [3.8, 4) is 11.5 Å². The van der Waals surface area contributed by atoms with E-state index in [-0.39, 0.29) is 5.56 Å². The van der Waals surface area contributed by atoms with E-state index in [0.717, 1.165) is 40.8 Å². The van der Waals surface area contributed by atoms with Gasteiger partial charge in [-0.2, -0.15) is 5.10 Å². The van der Waals surface area contributed by atoms with E-state index >= 15 is 0 Å². The lowest BCUT2D eigenvalue weighted by molar-refractivity contribution is 0.605. The summed E-state index contributed by atoms with van der Waals surface area (Å²) < 4.78 is 2.65. The Bertz CT molecular complexity index is 685. The van der Waals surface area contributed by atoms with Crippen LogP contribution in [0.3, 0.4) is 0 Å². The van der Waals surface area contributed by atoms with Gasteiger partial charge >= 0.3 is 0 Å². The Labute approximate surface area is 137 Å². The van der Waals surface area contributed by atoms with E-state index in [4.69, 9.17) is 4.98 Å². The lowest BCUT2D eigenvalue weighted by atomic mass is 10.0. The van der Waals surface area contributed by atoms with Crippen LogP contribution in [0, 0.1) is 3.57 Å². The Morgan fingerprint density at radius 2 is 2.19 bits per heavy atom. The molecule has 2 heterocycles. The van der Waals surface area contributed by atoms with Gasteiger partial charge in [0.25, 0.3) is 5.56 Å². The zero-order valence-corrected chi connectivity index (χ0v) is 14.3. The van der Waals surface area contributed by atoms with Gasteiger partial charge in [-0.25, -0.2) is 4.98 Å². The average Bonchev–Trinajstić information content (AvgIpc) is 3.13. The smallest absolute Gasteiger partial charge is 0.264 e. The molecule has 0 amide bonds. The van der Waals surface area contributed by atoms with Gasteiger partial charge in [0, 0.05) is 18.7 Å². The van der Waals surface area contributed by atoms with Crippen LogP contribution in [-0.4, -0.2) is 19.7 Å². The molecule has 0 aliphatic heterocycles. The number of nitrogens with one attached hydrogen (secondary N) is 1. The minimum atomic E-state index is -0.0354. The second kappa shape index (κ2) is 6.29. The Morgan fingerprint density at radius 1 is 1.43 bits per heavy atom. The minimum absolute atomic E-state index is 0.0354. The number of aromatic nitrogens is 4. The summed E-state index contributed by atoms with van der Waals surface area (Å²) in [4.78, 5) is 19.9. The van der Waals surface area contributed by atoms with Crippen LogP contribution < -0.4 is 5.56 Å². The van der Waals surface area contributed by atoms with Crippen molar-refractivity contribution in [1.29, 1.82) is 0 Å². The fourth-order valence-corrected chi connectivity index (χ4v) is 3.69. The highest BCUT2D eigenvalue weighted by Gasteiger charge is 2.23. The van der Waals surface area contributed by atoms with Crippen LogP contribution in [0.1, 0.15) is 50.6 Å². The monoisotopic (exact) mass is 398 g/mol. The van der Waals surface area contributed by atoms with Crippen LogP contribution in [0.5, 0.6) is 0 Å². The first-order chi connectivity index (χ1) is 10.2. The van der Waals surface area contributed by atoms with Crippen LogP contribution in [0.15, 0.2) is 17.1 Å². The van der Waals surface area contributed by atoms with E-state index in [1.807, 2.05) is 10.7 Å². The Morgan fingerprint density at radius 3 is 2.90 bits per heavy atom. The molecule has 0 spiro atoms. The number of nitrogens with zero attached hydrogens (tertiary/aromatic N) is 3. The van der Waals surface area contributed by atoms with E-state index < -0.39 is 0 Å². The molecule has 0 atom stereocenters. The zero-order valence-electron chi connectivity index (χ0n) is 12.1. The van der Waals surface area contributed by atoms with E-state index in [9.17, 15) is 4.79 Å². The second-order valence-corrected chi connectivity index (χ2v) is 6.61. The highest BCUT2D eigenvalue weighted by Crippen LogP contribution is 2.34. The molecule has 21 heavy (non-hydrogen) atoms. The van der Waals surface area contributed by atoms with Crippen LogP contribution in [0.2, 0.25) is 0 Å². The molecule has 2 aromatic rings. The maximum Gasteiger partial charge on any atom is 0.264 e. The maximum atomic E-state index is 12.2. The topological polar surface area (TPSA) is 63.6 Å². The van der Waals surface area contributed by atoms with Gasteiger partial charge in [-0.15, -0.1) is 0 Å². The van der Waals surface area contributed by atoms with Crippen molar-refractivity contribution in [3.05, 3.63) is 31.9 Å². The van der Waals surface area contributed by atoms with E-state index in [0.29, 0.717) is 11.7 Å². The number of aryl methyl sites for hydroxylation is 1. The van der Waals surface area contributed by atoms with Crippen molar-refractivity contribution in [1.82, 2.24) is 19.7 Å². The summed E-state index contributed by atoms with van der Waals surface area (Å²) in [6.45, 7) is 2.94. The predicted molar refractivity (Wildman–Crippen MR) is 90.3 cm³/mol. The number of H-pyrrole nitrogens is 1. The van der Waals surface area contributed by atoms with Crippen LogP contribution in [0.4, 0.5) is 0 Å². The molecule has 6 heteroatoms. The summed E-state index contributed by atoms with van der Waals surface area (Å²) in [5.74, 6) is 1.08. The van der Waals surface area contributed by atoms with Gasteiger partial charge in [-0.3, -0.25) is 9.48 Å². The molecule has 3 rings (SSSR count). The van der Waals surface area contributed by atoms with Gasteiger partial charge < -0.3 is 4.98 Å². The summed E-state index contributed by atoms with van der Waals surface area (Å²) >= 11 is 2.13. The third-order valence-electron chi connectivity index (χ3n) is 4.02. The Balaban J connectivity index is 2.06. The van der Waals surface area contributed by atoms with Crippen LogP contribution >= 0.6 is 22.6 Å². The fourth-order valence-electron chi connectivity index (χ4n) is 2.99. The highest BCUT2D eigenvalue weighted by atomic mass is 127. The van der Waals surface area contributed by atoms with Gasteiger partial charge in [0.1, 0.15) is 9.26 Å². The molecule has 5 nitrogen and oxygen atoms in total. The molecular formula is C15H19IN4O. The molecule has 112 valence electrons. The predicted octanol–water partition coefficient (Wildman–Crippen LogP) is 3.31. The number of aromatic amines is 1. The van der Waals surface area contributed by atoms with Gasteiger partial charge in [-0.05, 0) is 47.9 Å². The van der Waals surface area contributed by atoms with Crippen molar-refractivity contribution < 1.29 is 0 Å². The average molecular weight is 398 g/mol. The van der Waals surface area contributed by atoms with Crippen molar-refractivity contribution in [3.63, 3.8) is 0 Å². The molecule has 0 unspecified atom stereocenters. The third-order valence-corrected chi connectivity index (χ3v) is 5.07. The molecule has 1 fully saturated rings. The number of rotatable bonds is 4. The summed E-state index contributed by atoms with van der Waals surface area (Å²) in [5, 5.41) is 4.31. The van der Waals surface area contributed by atoms with Gasteiger partial charge in [-0.1, -0.05) is 19.8 Å². The molecule has 1 aliphatic carbocycles. The van der Waals surface area contributed by atoms with Gasteiger partial charge in [0.2, 0.25) is 0 Å². The molecule has 0 aromatic carbocycles. The van der Waals surface area contributed by atoms with E-state index in [2.05, 4.69) is 39.6 Å². The van der Waals surface area contributed by atoms with Crippen molar-refractivity contribution in [2.45, 2.75) is 51.5 Å². The Kier molecular flexibility index (Phi) is 4.42. The van der Waals surface area contributed by atoms with Crippen molar-refractivity contribution in [2.75, 3.05) is 0 Å². The fraction of sp³-hybridized carbons (Fsp3) is 0.533. The molecule has 2 aromatic heterocycles. The first-order valence-corrected chi connectivity index (χ1v) is 8.60. The van der Waals surface area contributed by atoms with Crippen molar-refractivity contribution >= 4 is 22.6 Å². The summed E-state index contributed by atoms with van der Waals surface area (Å²) in [6, 6.07) is 1.92. The lowest BCUT2D eigenvalue weighted by Crippen LogP contribution is -2.19. The van der Waals surface area contributed by atoms with Crippen molar-refractivity contribution in [2.24, 2.45) is 0 Å². The molecule has 1 saturated carbocycles. The first-order valence-electron chi connectivity index (χ1n) is 7.52. The Hall–Kier alpha value is -1.18. The maximum absolute atomic E-state index is 12.2. The van der Waals surface area contributed by atoms with Gasteiger partial charge in [0.05, 0.1) is 5.69 Å². The third kappa shape index (κ3) is 2.90. The quantitative estimate of drug-likeness (QED) is 0.804. The number of hydrogen-bond donors (Lipinski definition) is 1. The van der Waals surface area contributed by atoms with Gasteiger partial charge in [0.15, 0.2) is 5.82 Å². The molecular weight excluding hydrogens is 379 g/mol. The van der Waals surface area contributed by atoms with E-state index in [1.165, 1.54) is 12.8 Å². The number of halogens is 1. The minimum Gasteiger partial charge on any atom is -0.304 e. The second-order valence-electron chi connectivity index (χ2n) is 5.53. The summed E-state index contributed by atoms with van der Waals surface area (Å²) in [5.41, 5.74) is 1.83. The molecule has 0 bridgehead atoms. The first kappa shape index (κ1) is 14.7. The molecule has 0 radical (unpaired) electrons. The summed E-state index contributed by atoms with van der Waals surface area (Å²) in [6.07, 6.45) is 7.51. The SMILES string of the molecule is CCCn1nccc1-c1nc(C2CCCC2)c(I)c(=O)[nH]1. The number of hydrogen-bond acceptors (Lipinski definition) is 3. The van der Waals surface area contributed by atoms with Crippen LogP contribution in [-0.2, 0) is 6.54 Å². The molecule has 0 saturated heterocycles.